The fourth-order valence-corrected chi connectivity index (χ4v) is 2.04. The van der Waals surface area contributed by atoms with E-state index in [4.69, 9.17) is 0 Å². The van der Waals surface area contributed by atoms with Crippen LogP contribution in [-0.2, 0) is 6.54 Å². The van der Waals surface area contributed by atoms with Crippen molar-refractivity contribution in [1.82, 2.24) is 20.0 Å². The molecule has 0 aliphatic heterocycles. The number of nitrogens with zero attached hydrogens (tertiary/aromatic N) is 3. The van der Waals surface area contributed by atoms with E-state index >= 15 is 0 Å². The minimum atomic E-state index is 0. The number of aromatic nitrogens is 2. The highest BCUT2D eigenvalue weighted by Crippen LogP contribution is 2.08. The molecule has 0 radical (unpaired) electrons. The number of aliphatic imine (C=N–C) groups is 1. The molecule has 0 bridgehead atoms. The van der Waals surface area contributed by atoms with Crippen LogP contribution in [-0.4, -0.2) is 28.4 Å². The van der Waals surface area contributed by atoms with Crippen molar-refractivity contribution in [2.24, 2.45) is 10.9 Å². The molecule has 1 unspecified atom stereocenters. The highest BCUT2D eigenvalue weighted by atomic mass is 127. The van der Waals surface area contributed by atoms with Crippen LogP contribution in [0.2, 0.25) is 0 Å². The zero-order chi connectivity index (χ0) is 15.4. The molecule has 0 aliphatic carbocycles. The summed E-state index contributed by atoms with van der Waals surface area (Å²) in [6.45, 7) is 9.28. The van der Waals surface area contributed by atoms with E-state index in [-0.39, 0.29) is 24.0 Å². The summed E-state index contributed by atoms with van der Waals surface area (Å²) in [6.07, 6.45) is 2.07. The van der Waals surface area contributed by atoms with E-state index < -0.39 is 0 Å². The summed E-state index contributed by atoms with van der Waals surface area (Å²) in [5.41, 5.74) is 3.16. The van der Waals surface area contributed by atoms with Crippen molar-refractivity contribution in [3.63, 3.8) is 0 Å². The van der Waals surface area contributed by atoms with Crippen LogP contribution in [0.5, 0.6) is 0 Å². The third-order valence-corrected chi connectivity index (χ3v) is 3.77. The number of pyridine rings is 1. The summed E-state index contributed by atoms with van der Waals surface area (Å²) in [6, 6.07) is 6.50. The lowest BCUT2D eigenvalue weighted by Gasteiger charge is -2.20. The Morgan fingerprint density at radius 2 is 2.05 bits per heavy atom. The first-order chi connectivity index (χ1) is 10.0. The molecule has 2 aromatic rings. The number of guanidine groups is 1. The van der Waals surface area contributed by atoms with Gasteiger partial charge in [0, 0.05) is 25.0 Å². The van der Waals surface area contributed by atoms with Crippen LogP contribution in [0.4, 0.5) is 0 Å². The minimum absolute atomic E-state index is 0. The second-order valence-corrected chi connectivity index (χ2v) is 5.73. The van der Waals surface area contributed by atoms with Crippen molar-refractivity contribution in [2.45, 2.75) is 40.3 Å². The molecule has 0 saturated heterocycles. The van der Waals surface area contributed by atoms with E-state index in [1.807, 2.05) is 12.1 Å². The molecule has 0 amide bonds. The maximum absolute atomic E-state index is 4.61. The second-order valence-electron chi connectivity index (χ2n) is 5.73. The fourth-order valence-electron chi connectivity index (χ4n) is 2.04. The average molecular weight is 415 g/mol. The van der Waals surface area contributed by atoms with E-state index in [9.17, 15) is 0 Å². The summed E-state index contributed by atoms with van der Waals surface area (Å²) >= 11 is 0. The number of rotatable bonds is 4. The number of halogens is 1. The van der Waals surface area contributed by atoms with Gasteiger partial charge in [0.15, 0.2) is 5.96 Å². The normalized spacial score (nSPS) is 13.1. The Hall–Kier alpha value is -1.31. The number of nitrogens with one attached hydrogen (secondary N) is 2. The monoisotopic (exact) mass is 415 g/mol. The lowest BCUT2D eigenvalue weighted by atomic mass is 10.1. The molecule has 122 valence electrons. The minimum Gasteiger partial charge on any atom is -0.354 e. The Balaban J connectivity index is 0.00000242. The molecule has 2 N–H and O–H groups in total. The van der Waals surface area contributed by atoms with Gasteiger partial charge in [-0.05, 0) is 31.9 Å². The zero-order valence-corrected chi connectivity index (χ0v) is 16.3. The molecular weight excluding hydrogens is 389 g/mol. The third-order valence-electron chi connectivity index (χ3n) is 3.77. The smallest absolute Gasteiger partial charge is 0.191 e. The molecule has 0 aliphatic rings. The Kier molecular flexibility index (Phi) is 7.12. The number of hydrogen-bond acceptors (Lipinski definition) is 2. The number of imidazole rings is 1. The van der Waals surface area contributed by atoms with E-state index in [2.05, 4.69) is 65.0 Å². The quantitative estimate of drug-likeness (QED) is 0.459. The van der Waals surface area contributed by atoms with Gasteiger partial charge in [-0.2, -0.15) is 0 Å². The molecule has 0 fully saturated rings. The summed E-state index contributed by atoms with van der Waals surface area (Å²) in [5, 5.41) is 6.70. The van der Waals surface area contributed by atoms with Crippen LogP contribution in [0.1, 0.15) is 32.2 Å². The molecule has 1 atom stereocenters. The van der Waals surface area contributed by atoms with Crippen molar-refractivity contribution in [3.05, 3.63) is 35.8 Å². The van der Waals surface area contributed by atoms with E-state index in [1.165, 1.54) is 5.69 Å². The van der Waals surface area contributed by atoms with Crippen molar-refractivity contribution in [2.75, 3.05) is 7.05 Å². The Labute approximate surface area is 149 Å². The van der Waals surface area contributed by atoms with E-state index in [1.54, 1.807) is 7.05 Å². The molecule has 5 nitrogen and oxygen atoms in total. The summed E-state index contributed by atoms with van der Waals surface area (Å²) in [5.74, 6) is 1.37. The van der Waals surface area contributed by atoms with Crippen LogP contribution in [0.25, 0.3) is 5.65 Å². The summed E-state index contributed by atoms with van der Waals surface area (Å²) < 4.78 is 2.10. The molecule has 2 heterocycles. The lowest BCUT2D eigenvalue weighted by molar-refractivity contribution is 0.480. The van der Waals surface area contributed by atoms with Crippen molar-refractivity contribution >= 4 is 35.6 Å². The average Bonchev–Trinajstić information content (AvgIpc) is 2.87. The summed E-state index contributed by atoms with van der Waals surface area (Å²) in [7, 11) is 1.79. The maximum Gasteiger partial charge on any atom is 0.191 e. The van der Waals surface area contributed by atoms with Crippen molar-refractivity contribution in [3.8, 4) is 0 Å². The first-order valence-electron chi connectivity index (χ1n) is 7.42. The highest BCUT2D eigenvalue weighted by Gasteiger charge is 2.09. The Morgan fingerprint density at radius 1 is 1.32 bits per heavy atom. The molecule has 2 rings (SSSR count). The molecule has 2 aromatic heterocycles. The first kappa shape index (κ1) is 18.7. The van der Waals surface area contributed by atoms with Gasteiger partial charge < -0.3 is 15.0 Å². The second kappa shape index (κ2) is 8.36. The third kappa shape index (κ3) is 4.59. The molecule has 0 spiro atoms. The SMILES string of the molecule is CN=C(NCc1cn2c(C)cccc2n1)NC(C)C(C)C.I. The van der Waals surface area contributed by atoms with Gasteiger partial charge in [0.05, 0.1) is 12.2 Å². The van der Waals surface area contributed by atoms with Gasteiger partial charge in [-0.3, -0.25) is 4.99 Å². The first-order valence-corrected chi connectivity index (χ1v) is 7.42. The van der Waals surface area contributed by atoms with Gasteiger partial charge in [0.25, 0.3) is 0 Å². The highest BCUT2D eigenvalue weighted by molar-refractivity contribution is 14.0. The topological polar surface area (TPSA) is 53.7 Å². The van der Waals surface area contributed by atoms with Crippen LogP contribution in [0.3, 0.4) is 0 Å². The van der Waals surface area contributed by atoms with E-state index in [0.717, 1.165) is 17.3 Å². The van der Waals surface area contributed by atoms with Crippen molar-refractivity contribution in [1.29, 1.82) is 0 Å². The Morgan fingerprint density at radius 3 is 2.64 bits per heavy atom. The predicted molar refractivity (Wildman–Crippen MR) is 103 cm³/mol. The molecule has 0 aromatic carbocycles. The molecule has 6 heteroatoms. The lowest BCUT2D eigenvalue weighted by Crippen LogP contribution is -2.43. The van der Waals surface area contributed by atoms with Crippen molar-refractivity contribution < 1.29 is 0 Å². The number of hydrogen-bond donors (Lipinski definition) is 2. The van der Waals surface area contributed by atoms with Gasteiger partial charge in [-0.15, -0.1) is 24.0 Å². The maximum atomic E-state index is 4.61. The Bertz CT molecular complexity index is 632. The summed E-state index contributed by atoms with van der Waals surface area (Å²) in [4.78, 5) is 8.87. The van der Waals surface area contributed by atoms with E-state index in [0.29, 0.717) is 18.5 Å². The molecular formula is C16H26IN5. The zero-order valence-electron chi connectivity index (χ0n) is 13.9. The van der Waals surface area contributed by atoms with Crippen LogP contribution >= 0.6 is 24.0 Å². The predicted octanol–water partition coefficient (Wildman–Crippen LogP) is 2.97. The number of fused-ring (bicyclic) bond motifs is 1. The molecule has 0 saturated carbocycles. The fraction of sp³-hybridized carbons (Fsp3) is 0.500. The van der Waals surface area contributed by atoms with Gasteiger partial charge in [0.2, 0.25) is 0 Å². The van der Waals surface area contributed by atoms with Crippen LogP contribution in [0, 0.1) is 12.8 Å². The van der Waals surface area contributed by atoms with Crippen LogP contribution < -0.4 is 10.6 Å². The number of aryl methyl sites for hydroxylation is 1. The van der Waals surface area contributed by atoms with Crippen LogP contribution in [0.15, 0.2) is 29.4 Å². The van der Waals surface area contributed by atoms with Gasteiger partial charge in [-0.1, -0.05) is 19.9 Å². The largest absolute Gasteiger partial charge is 0.354 e. The standard InChI is InChI=1S/C16H25N5.HI/c1-11(2)13(4)19-16(17-5)18-9-14-10-21-12(3)7-6-8-15(21)20-14;/h6-8,10-11,13H,9H2,1-5H3,(H2,17,18,19);1H. The van der Waals surface area contributed by atoms with Gasteiger partial charge in [0.1, 0.15) is 5.65 Å². The van der Waals surface area contributed by atoms with Gasteiger partial charge in [-0.25, -0.2) is 4.98 Å². The van der Waals surface area contributed by atoms with Gasteiger partial charge >= 0.3 is 0 Å². The molecule has 22 heavy (non-hydrogen) atoms.